The van der Waals surface area contributed by atoms with Crippen LogP contribution < -0.4 is 9.64 Å². The second-order valence-corrected chi connectivity index (χ2v) is 8.49. The van der Waals surface area contributed by atoms with Gasteiger partial charge in [-0.2, -0.15) is 5.26 Å². The molecule has 2 saturated heterocycles. The summed E-state index contributed by atoms with van der Waals surface area (Å²) in [6.45, 7) is 3.59. The summed E-state index contributed by atoms with van der Waals surface area (Å²) in [5.74, 6) is 0.408. The van der Waals surface area contributed by atoms with Gasteiger partial charge in [0.25, 0.3) is 0 Å². The highest BCUT2D eigenvalue weighted by Crippen LogP contribution is 2.37. The van der Waals surface area contributed by atoms with Crippen molar-refractivity contribution in [1.29, 1.82) is 5.26 Å². The first-order valence-corrected chi connectivity index (χ1v) is 11.1. The molecule has 5 rings (SSSR count). The van der Waals surface area contributed by atoms with Crippen LogP contribution in [-0.2, 0) is 9.47 Å². The van der Waals surface area contributed by atoms with E-state index in [0.717, 1.165) is 54.0 Å². The molecular formula is C24H24ClN3O4. The molecule has 0 amide bonds. The Morgan fingerprint density at radius 3 is 2.69 bits per heavy atom. The monoisotopic (exact) mass is 453 g/mol. The maximum atomic E-state index is 9.82. The molecule has 2 aliphatic heterocycles. The molecule has 0 saturated carbocycles. The first-order valence-electron chi connectivity index (χ1n) is 10.7. The van der Waals surface area contributed by atoms with Gasteiger partial charge in [-0.1, -0.05) is 23.7 Å². The van der Waals surface area contributed by atoms with Gasteiger partial charge in [-0.15, -0.1) is 0 Å². The molecule has 166 valence electrons. The molecule has 0 radical (unpaired) electrons. The Labute approximate surface area is 191 Å². The van der Waals surface area contributed by atoms with E-state index < -0.39 is 0 Å². The summed E-state index contributed by atoms with van der Waals surface area (Å²) in [7, 11) is 0. The minimum Gasteiger partial charge on any atom is -0.472 e. The molecule has 0 aliphatic carbocycles. The fraction of sp³-hybridized carbons (Fsp3) is 0.375. The highest BCUT2D eigenvalue weighted by molar-refractivity contribution is 6.34. The van der Waals surface area contributed by atoms with Crippen LogP contribution in [0.3, 0.4) is 0 Å². The first-order chi connectivity index (χ1) is 15.7. The Hall–Kier alpha value is -2.76. The number of benzene rings is 2. The standard InChI is InChI=1S/C24H24ClN3O4/c25-22-11-23-20(21(12-26)24(27-23)32-18-9-17(13-29)31-14-18)10-19(22)15-1-3-16(4-2-15)28-5-7-30-8-6-28/h1-4,10-11,17-18,27,29H,5-9,13-14H2/t17-,18-/m0/s1. The zero-order chi connectivity index (χ0) is 22.1. The fourth-order valence-electron chi connectivity index (χ4n) is 4.33. The number of rotatable bonds is 5. The quantitative estimate of drug-likeness (QED) is 0.611. The fourth-order valence-corrected chi connectivity index (χ4v) is 4.61. The van der Waals surface area contributed by atoms with Gasteiger partial charge >= 0.3 is 0 Å². The van der Waals surface area contributed by atoms with E-state index in [-0.39, 0.29) is 18.8 Å². The largest absolute Gasteiger partial charge is 0.472 e. The second kappa shape index (κ2) is 9.00. The van der Waals surface area contributed by atoms with Crippen LogP contribution in [0, 0.1) is 11.3 Å². The molecule has 8 heteroatoms. The number of ether oxygens (including phenoxy) is 3. The molecule has 1 aromatic heterocycles. The van der Waals surface area contributed by atoms with Gasteiger partial charge in [-0.25, -0.2) is 0 Å². The van der Waals surface area contributed by atoms with Crippen molar-refractivity contribution in [2.24, 2.45) is 0 Å². The number of aromatic nitrogens is 1. The van der Waals surface area contributed by atoms with E-state index in [9.17, 15) is 10.4 Å². The Morgan fingerprint density at radius 2 is 2.00 bits per heavy atom. The van der Waals surface area contributed by atoms with Crippen LogP contribution in [0.2, 0.25) is 5.02 Å². The second-order valence-electron chi connectivity index (χ2n) is 8.08. The summed E-state index contributed by atoms with van der Waals surface area (Å²) in [5, 5.41) is 20.4. The van der Waals surface area contributed by atoms with Gasteiger partial charge < -0.3 is 29.2 Å². The van der Waals surface area contributed by atoms with E-state index in [1.54, 1.807) is 0 Å². The lowest BCUT2D eigenvalue weighted by molar-refractivity contribution is 0.0531. The number of hydrogen-bond donors (Lipinski definition) is 2. The van der Waals surface area contributed by atoms with Crippen molar-refractivity contribution in [3.05, 3.63) is 47.0 Å². The predicted molar refractivity (Wildman–Crippen MR) is 122 cm³/mol. The summed E-state index contributed by atoms with van der Waals surface area (Å²) >= 11 is 6.62. The minimum absolute atomic E-state index is 0.0407. The number of aliphatic hydroxyl groups excluding tert-OH is 1. The van der Waals surface area contributed by atoms with Crippen LogP contribution in [-0.4, -0.2) is 61.8 Å². The normalized spacial score (nSPS) is 21.1. The molecule has 0 unspecified atom stereocenters. The molecule has 2 atom stereocenters. The van der Waals surface area contributed by atoms with Gasteiger partial charge in [0.15, 0.2) is 0 Å². The number of anilines is 1. The van der Waals surface area contributed by atoms with E-state index in [2.05, 4.69) is 40.2 Å². The van der Waals surface area contributed by atoms with Gasteiger partial charge in [-0.05, 0) is 29.8 Å². The molecule has 2 N–H and O–H groups in total. The van der Waals surface area contributed by atoms with Crippen LogP contribution in [0.1, 0.15) is 12.0 Å². The SMILES string of the molecule is N#Cc1c(O[C@@H]2CO[C@H](CO)C2)[nH]c2cc(Cl)c(-c3ccc(N4CCOCC4)cc3)cc12. The van der Waals surface area contributed by atoms with E-state index in [4.69, 9.17) is 25.8 Å². The van der Waals surface area contributed by atoms with E-state index in [1.807, 2.05) is 12.1 Å². The summed E-state index contributed by atoms with van der Waals surface area (Å²) in [6, 6.07) is 14.3. The molecular weight excluding hydrogens is 430 g/mol. The van der Waals surface area contributed by atoms with Crippen LogP contribution in [0.5, 0.6) is 5.88 Å². The smallest absolute Gasteiger partial charge is 0.210 e. The average Bonchev–Trinajstić information content (AvgIpc) is 3.42. The molecule has 32 heavy (non-hydrogen) atoms. The lowest BCUT2D eigenvalue weighted by Gasteiger charge is -2.29. The summed E-state index contributed by atoms with van der Waals surface area (Å²) < 4.78 is 16.9. The minimum atomic E-state index is -0.226. The molecule has 2 aromatic carbocycles. The number of morpholine rings is 1. The summed E-state index contributed by atoms with van der Waals surface area (Å²) in [4.78, 5) is 5.48. The highest BCUT2D eigenvalue weighted by atomic mass is 35.5. The number of halogens is 1. The molecule has 2 fully saturated rings. The molecule has 2 aliphatic rings. The van der Waals surface area contributed by atoms with Crippen LogP contribution in [0.15, 0.2) is 36.4 Å². The van der Waals surface area contributed by atoms with Crippen molar-refractivity contribution in [2.75, 3.05) is 44.4 Å². The maximum Gasteiger partial charge on any atom is 0.210 e. The highest BCUT2D eigenvalue weighted by Gasteiger charge is 2.28. The Bertz CT molecular complexity index is 1150. The number of fused-ring (bicyclic) bond motifs is 1. The number of nitriles is 1. The van der Waals surface area contributed by atoms with Crippen molar-refractivity contribution >= 4 is 28.2 Å². The number of H-pyrrole nitrogens is 1. The van der Waals surface area contributed by atoms with Crippen molar-refractivity contribution < 1.29 is 19.3 Å². The lowest BCUT2D eigenvalue weighted by atomic mass is 10.0. The zero-order valence-electron chi connectivity index (χ0n) is 17.5. The van der Waals surface area contributed by atoms with E-state index >= 15 is 0 Å². The number of nitrogens with one attached hydrogen (secondary N) is 1. The predicted octanol–water partition coefficient (Wildman–Crippen LogP) is 3.73. The van der Waals surface area contributed by atoms with Gasteiger partial charge in [0.1, 0.15) is 17.7 Å². The van der Waals surface area contributed by atoms with Crippen molar-refractivity contribution in [3.8, 4) is 23.1 Å². The third-order valence-corrected chi connectivity index (χ3v) is 6.36. The molecule has 3 heterocycles. The zero-order valence-corrected chi connectivity index (χ0v) is 18.3. The van der Waals surface area contributed by atoms with E-state index in [0.29, 0.717) is 29.5 Å². The van der Waals surface area contributed by atoms with Crippen molar-refractivity contribution in [3.63, 3.8) is 0 Å². The van der Waals surface area contributed by atoms with Crippen LogP contribution in [0.25, 0.3) is 22.0 Å². The van der Waals surface area contributed by atoms with Crippen molar-refractivity contribution in [2.45, 2.75) is 18.6 Å². The van der Waals surface area contributed by atoms with Gasteiger partial charge in [0.2, 0.25) is 5.88 Å². The maximum absolute atomic E-state index is 9.82. The number of hydrogen-bond acceptors (Lipinski definition) is 6. The van der Waals surface area contributed by atoms with Crippen LogP contribution in [0.4, 0.5) is 5.69 Å². The van der Waals surface area contributed by atoms with E-state index in [1.165, 1.54) is 0 Å². The first kappa shape index (κ1) is 21.1. The average molecular weight is 454 g/mol. The lowest BCUT2D eigenvalue weighted by Crippen LogP contribution is -2.36. The summed E-state index contributed by atoms with van der Waals surface area (Å²) in [6.07, 6.45) is 0.143. The summed E-state index contributed by atoms with van der Waals surface area (Å²) in [5.41, 5.74) is 4.18. The Kier molecular flexibility index (Phi) is 5.94. The molecule has 0 bridgehead atoms. The van der Waals surface area contributed by atoms with Crippen molar-refractivity contribution in [1.82, 2.24) is 4.98 Å². The number of nitrogens with zero attached hydrogens (tertiary/aromatic N) is 2. The van der Waals surface area contributed by atoms with Gasteiger partial charge in [-0.3, -0.25) is 0 Å². The third-order valence-electron chi connectivity index (χ3n) is 6.05. The third kappa shape index (κ3) is 4.03. The van der Waals surface area contributed by atoms with Gasteiger partial charge in [0.05, 0.1) is 43.1 Å². The number of aromatic amines is 1. The van der Waals surface area contributed by atoms with Gasteiger partial charge in [0, 0.05) is 36.1 Å². The van der Waals surface area contributed by atoms with Crippen LogP contribution >= 0.6 is 11.6 Å². The molecule has 7 nitrogen and oxygen atoms in total. The molecule has 3 aromatic rings. The Balaban J connectivity index is 1.44. The Morgan fingerprint density at radius 1 is 1.22 bits per heavy atom. The number of aliphatic hydroxyl groups is 1. The molecule has 0 spiro atoms. The topological polar surface area (TPSA) is 90.7 Å².